The Morgan fingerprint density at radius 2 is 0.723 bits per heavy atom. The minimum absolute atomic E-state index is 0.984. The normalized spacial score (nSPS) is 12.1. The second-order valence-corrected chi connectivity index (χ2v) is 19.5. The lowest BCUT2D eigenvalue weighted by Gasteiger charge is -2.03. The van der Waals surface area contributed by atoms with Gasteiger partial charge in [0.15, 0.2) is 6.29 Å². The summed E-state index contributed by atoms with van der Waals surface area (Å²) in [6, 6.07) is 0. The Morgan fingerprint density at radius 3 is 1.13 bits per heavy atom. The standard InChI is InChI=1S/C41H63BrOS4/c1-3-5-7-9-11-13-15-17-19-21-23-25-27-29-32-34(31-43)44-37-35(32)45-40-38-36(46-39(37)40)33(41(42)47-38)30-28-26-24-22-20-18-16-14-12-10-8-6-4-2/h31H,3-30H2,1-2H3. The van der Waals surface area contributed by atoms with Gasteiger partial charge in [-0.1, -0.05) is 168 Å². The molecule has 0 aliphatic rings. The maximum absolute atomic E-state index is 12.1. The van der Waals surface area contributed by atoms with Crippen molar-refractivity contribution < 1.29 is 4.79 Å². The first-order valence-corrected chi connectivity index (χ1v) is 23.8. The summed E-state index contributed by atoms with van der Waals surface area (Å²) in [5, 5.41) is 0. The molecule has 0 saturated carbocycles. The van der Waals surface area contributed by atoms with Crippen molar-refractivity contribution in [3.63, 3.8) is 0 Å². The van der Waals surface area contributed by atoms with Gasteiger partial charge in [-0.3, -0.25) is 4.79 Å². The zero-order valence-corrected chi connectivity index (χ0v) is 34.6. The number of aryl methyl sites for hydroxylation is 2. The van der Waals surface area contributed by atoms with Crippen molar-refractivity contribution in [3.8, 4) is 0 Å². The highest BCUT2D eigenvalue weighted by Gasteiger charge is 2.23. The fraction of sp³-hybridized carbons (Fsp3) is 0.732. The minimum atomic E-state index is 0.984. The summed E-state index contributed by atoms with van der Waals surface area (Å²) < 4.78 is 10.0. The Morgan fingerprint density at radius 1 is 0.404 bits per heavy atom. The van der Waals surface area contributed by atoms with Crippen LogP contribution in [0.15, 0.2) is 3.79 Å². The predicted molar refractivity (Wildman–Crippen MR) is 222 cm³/mol. The number of rotatable bonds is 29. The molecule has 4 rings (SSSR count). The molecule has 0 spiro atoms. The van der Waals surface area contributed by atoms with Crippen LogP contribution in [0.3, 0.4) is 0 Å². The lowest BCUT2D eigenvalue weighted by atomic mass is 10.0. The van der Waals surface area contributed by atoms with Gasteiger partial charge in [0.05, 0.1) is 36.9 Å². The first-order chi connectivity index (χ1) is 23.2. The number of carbonyl (C=O) groups is 1. The molecule has 6 heteroatoms. The molecule has 0 amide bonds. The molecule has 47 heavy (non-hydrogen) atoms. The van der Waals surface area contributed by atoms with E-state index in [2.05, 4.69) is 29.8 Å². The van der Waals surface area contributed by atoms with Gasteiger partial charge in [-0.2, -0.15) is 0 Å². The number of fused-ring (bicyclic) bond motifs is 5. The molecule has 0 atom stereocenters. The van der Waals surface area contributed by atoms with Crippen molar-refractivity contribution in [2.75, 3.05) is 0 Å². The number of hydrogen-bond donors (Lipinski definition) is 0. The van der Waals surface area contributed by atoms with Gasteiger partial charge in [-0.25, -0.2) is 0 Å². The fourth-order valence-electron chi connectivity index (χ4n) is 7.18. The summed E-state index contributed by atoms with van der Waals surface area (Å²) >= 11 is 11.6. The molecule has 4 aromatic heterocycles. The molecule has 0 radical (unpaired) electrons. The Balaban J connectivity index is 1.18. The van der Waals surface area contributed by atoms with E-state index in [1.807, 2.05) is 34.0 Å². The fourth-order valence-corrected chi connectivity index (χ4v) is 14.0. The van der Waals surface area contributed by atoms with E-state index >= 15 is 0 Å². The molecule has 0 unspecified atom stereocenters. The van der Waals surface area contributed by atoms with Crippen LogP contribution >= 0.6 is 61.3 Å². The van der Waals surface area contributed by atoms with E-state index in [1.165, 1.54) is 216 Å². The van der Waals surface area contributed by atoms with Crippen molar-refractivity contribution in [2.24, 2.45) is 0 Å². The molecule has 1 nitrogen and oxygen atoms in total. The summed E-state index contributed by atoms with van der Waals surface area (Å²) in [6.45, 7) is 4.59. The maximum Gasteiger partial charge on any atom is 0.160 e. The van der Waals surface area contributed by atoms with Crippen LogP contribution < -0.4 is 0 Å². The van der Waals surface area contributed by atoms with Crippen LogP contribution in [0, 0.1) is 0 Å². The number of halogens is 1. The molecule has 264 valence electrons. The molecule has 0 aliphatic carbocycles. The van der Waals surface area contributed by atoms with Crippen LogP contribution in [-0.2, 0) is 12.8 Å². The third-order valence-electron chi connectivity index (χ3n) is 10.1. The highest BCUT2D eigenvalue weighted by Crippen LogP contribution is 2.53. The van der Waals surface area contributed by atoms with Gasteiger partial charge in [0.2, 0.25) is 0 Å². The summed E-state index contributed by atoms with van der Waals surface area (Å²) in [5.41, 5.74) is 2.88. The number of carbonyl (C=O) groups excluding carboxylic acids is 1. The largest absolute Gasteiger partial charge is 0.297 e. The van der Waals surface area contributed by atoms with Crippen molar-refractivity contribution in [3.05, 3.63) is 19.8 Å². The molecule has 0 fully saturated rings. The first-order valence-electron chi connectivity index (χ1n) is 19.7. The van der Waals surface area contributed by atoms with Gasteiger partial charge >= 0.3 is 0 Å². The summed E-state index contributed by atoms with van der Waals surface area (Å²) in [7, 11) is 0. The van der Waals surface area contributed by atoms with Gasteiger partial charge in [0, 0.05) is 0 Å². The van der Waals surface area contributed by atoms with Gasteiger partial charge in [-0.15, -0.1) is 45.3 Å². The van der Waals surface area contributed by atoms with Gasteiger partial charge in [0.1, 0.15) is 0 Å². The van der Waals surface area contributed by atoms with E-state index in [9.17, 15) is 4.79 Å². The van der Waals surface area contributed by atoms with Crippen LogP contribution in [0.1, 0.15) is 202 Å². The van der Waals surface area contributed by atoms with Crippen molar-refractivity contribution in [1.29, 1.82) is 0 Å². The van der Waals surface area contributed by atoms with Gasteiger partial charge < -0.3 is 0 Å². The van der Waals surface area contributed by atoms with E-state index in [-0.39, 0.29) is 0 Å². The third-order valence-corrected chi connectivity index (χ3v) is 16.5. The van der Waals surface area contributed by atoms with Crippen LogP contribution in [0.25, 0.3) is 28.2 Å². The smallest absolute Gasteiger partial charge is 0.160 e. The van der Waals surface area contributed by atoms with E-state index in [4.69, 9.17) is 0 Å². The molecule has 4 aromatic rings. The Kier molecular flexibility index (Phi) is 19.5. The number of aldehydes is 1. The second-order valence-electron chi connectivity index (χ2n) is 14.1. The lowest BCUT2D eigenvalue weighted by molar-refractivity contribution is 0.112. The van der Waals surface area contributed by atoms with E-state index < -0.39 is 0 Å². The van der Waals surface area contributed by atoms with Crippen molar-refractivity contribution >= 4 is 95.8 Å². The molecule has 4 heterocycles. The van der Waals surface area contributed by atoms with Crippen molar-refractivity contribution in [1.82, 2.24) is 0 Å². The molecular formula is C41H63BrOS4. The summed E-state index contributed by atoms with van der Waals surface area (Å²) in [4.78, 5) is 13.1. The quantitative estimate of drug-likeness (QED) is 0.0396. The molecule has 0 aliphatic heterocycles. The zero-order valence-electron chi connectivity index (χ0n) is 29.8. The van der Waals surface area contributed by atoms with Gasteiger partial charge in [-0.05, 0) is 52.7 Å². The molecule has 0 saturated heterocycles. The van der Waals surface area contributed by atoms with Crippen LogP contribution in [-0.4, -0.2) is 6.29 Å². The number of unbranched alkanes of at least 4 members (excludes halogenated alkanes) is 24. The molecule has 0 bridgehead atoms. The first kappa shape index (κ1) is 39.5. The Hall–Kier alpha value is -0.270. The number of thiophene rings is 4. The topological polar surface area (TPSA) is 17.1 Å². The van der Waals surface area contributed by atoms with Crippen molar-refractivity contribution in [2.45, 2.75) is 194 Å². The molecule has 0 aromatic carbocycles. The summed E-state index contributed by atoms with van der Waals surface area (Å²) in [6.07, 6.45) is 39.5. The van der Waals surface area contributed by atoms with Gasteiger partial charge in [0.25, 0.3) is 0 Å². The maximum atomic E-state index is 12.1. The number of hydrogen-bond acceptors (Lipinski definition) is 5. The monoisotopic (exact) mass is 778 g/mol. The third kappa shape index (κ3) is 12.5. The molecule has 0 N–H and O–H groups in total. The Labute approximate surface area is 311 Å². The SMILES string of the molecule is CCCCCCCCCCCCCCCc1c(Br)sc2c1sc1c3sc(C=O)c(CCCCCCCCCCCCCCC)c3sc21. The second kappa shape index (κ2) is 23.3. The lowest BCUT2D eigenvalue weighted by Crippen LogP contribution is -1.89. The van der Waals surface area contributed by atoms with Crippen LogP contribution in [0.2, 0.25) is 0 Å². The Bertz CT molecular complexity index is 1420. The molecular weight excluding hydrogens is 717 g/mol. The predicted octanol–water partition coefficient (Wildman–Crippen LogP) is 17.2. The average Bonchev–Trinajstić information content (AvgIpc) is 3.79. The summed E-state index contributed by atoms with van der Waals surface area (Å²) in [5.74, 6) is 0. The van der Waals surface area contributed by atoms with E-state index in [1.54, 1.807) is 11.3 Å². The highest BCUT2D eigenvalue weighted by atomic mass is 79.9. The van der Waals surface area contributed by atoms with E-state index in [0.29, 0.717) is 0 Å². The minimum Gasteiger partial charge on any atom is -0.297 e. The van der Waals surface area contributed by atoms with Crippen LogP contribution in [0.5, 0.6) is 0 Å². The van der Waals surface area contributed by atoms with E-state index in [0.717, 1.165) is 17.6 Å². The average molecular weight is 780 g/mol. The zero-order chi connectivity index (χ0) is 33.1. The van der Waals surface area contributed by atoms with Crippen LogP contribution in [0.4, 0.5) is 0 Å². The highest BCUT2D eigenvalue weighted by molar-refractivity contribution is 9.11.